The molecule has 1 amide bonds. The van der Waals surface area contributed by atoms with Gasteiger partial charge in [-0.1, -0.05) is 27.7 Å². The number of carbonyl (C=O) groups is 1. The van der Waals surface area contributed by atoms with Crippen LogP contribution in [0.5, 0.6) is 0 Å². The highest BCUT2D eigenvalue weighted by atomic mass is 16.4. The fraction of sp³-hybridized carbons (Fsp3) is 0.667. The van der Waals surface area contributed by atoms with Gasteiger partial charge in [-0.3, -0.25) is 9.88 Å². The van der Waals surface area contributed by atoms with Crippen LogP contribution in [0.25, 0.3) is 0 Å². The van der Waals surface area contributed by atoms with Crippen LogP contribution in [0.4, 0.5) is 10.5 Å². The van der Waals surface area contributed by atoms with Gasteiger partial charge in [0.2, 0.25) is 0 Å². The number of likely N-dealkylation sites (tertiary alicyclic amines) is 1. The number of anilines is 1. The summed E-state index contributed by atoms with van der Waals surface area (Å²) in [6, 6.07) is 2.39. The Morgan fingerprint density at radius 3 is 2.70 bits per heavy atom. The number of carboxylic acid groups (broad SMARTS) is 1. The Morgan fingerprint density at radius 1 is 1.35 bits per heavy atom. The molecule has 0 bridgehead atoms. The molecule has 3 heterocycles. The Balaban J connectivity index is 1.81. The van der Waals surface area contributed by atoms with Gasteiger partial charge in [0.05, 0.1) is 17.9 Å². The molecule has 1 aromatic heterocycles. The van der Waals surface area contributed by atoms with Crippen molar-refractivity contribution in [3.8, 4) is 0 Å². The number of amides is 1. The third-order valence-electron chi connectivity index (χ3n) is 5.40. The number of nitrogens with zero attached hydrogens (tertiary/aromatic N) is 3. The molecule has 3 rings (SSSR count). The fourth-order valence-corrected chi connectivity index (χ4v) is 4.13. The average Bonchev–Trinajstić information content (AvgIpc) is 3.03. The summed E-state index contributed by atoms with van der Waals surface area (Å²) in [5.74, 6) is 0.417. The van der Waals surface area contributed by atoms with E-state index in [1.165, 1.54) is 5.56 Å². The summed E-state index contributed by atoms with van der Waals surface area (Å²) < 4.78 is 0. The molecule has 1 aromatic rings. The number of rotatable bonds is 2. The van der Waals surface area contributed by atoms with Gasteiger partial charge in [-0.05, 0) is 29.9 Å². The summed E-state index contributed by atoms with van der Waals surface area (Å²) in [6.45, 7) is 10.2. The maximum Gasteiger partial charge on any atom is 0.407 e. The zero-order valence-electron chi connectivity index (χ0n) is 14.5. The van der Waals surface area contributed by atoms with Crippen molar-refractivity contribution >= 4 is 11.8 Å². The van der Waals surface area contributed by atoms with Crippen molar-refractivity contribution in [3.05, 3.63) is 24.0 Å². The Hall–Kier alpha value is -1.78. The molecule has 0 saturated carbocycles. The van der Waals surface area contributed by atoms with E-state index in [4.69, 9.17) is 0 Å². The quantitative estimate of drug-likeness (QED) is 0.910. The second kappa shape index (κ2) is 5.69. The minimum Gasteiger partial charge on any atom is -0.465 e. The lowest BCUT2D eigenvalue weighted by Crippen LogP contribution is -2.48. The van der Waals surface area contributed by atoms with E-state index in [0.29, 0.717) is 5.92 Å². The van der Waals surface area contributed by atoms with E-state index in [2.05, 4.69) is 43.6 Å². The Bertz CT molecular complexity index is 596. The van der Waals surface area contributed by atoms with E-state index >= 15 is 0 Å². The van der Waals surface area contributed by atoms with Crippen molar-refractivity contribution in [3.63, 3.8) is 0 Å². The second-order valence-corrected chi connectivity index (χ2v) is 7.94. The maximum absolute atomic E-state index is 11.8. The Morgan fingerprint density at radius 2 is 2.09 bits per heavy atom. The topological polar surface area (TPSA) is 56.7 Å². The van der Waals surface area contributed by atoms with E-state index in [0.717, 1.165) is 31.6 Å². The molecule has 23 heavy (non-hydrogen) atoms. The molecule has 0 aromatic carbocycles. The van der Waals surface area contributed by atoms with Crippen molar-refractivity contribution in [1.29, 1.82) is 0 Å². The molecule has 1 N–H and O–H groups in total. The van der Waals surface area contributed by atoms with Gasteiger partial charge in [0, 0.05) is 31.2 Å². The number of hydrogen-bond donors (Lipinski definition) is 1. The summed E-state index contributed by atoms with van der Waals surface area (Å²) in [5.41, 5.74) is 2.33. The van der Waals surface area contributed by atoms with E-state index in [-0.39, 0.29) is 17.5 Å². The molecule has 0 aliphatic carbocycles. The summed E-state index contributed by atoms with van der Waals surface area (Å²) in [7, 11) is 0. The predicted octanol–water partition coefficient (Wildman–Crippen LogP) is 3.25. The third kappa shape index (κ3) is 2.89. The first-order valence-corrected chi connectivity index (χ1v) is 8.51. The molecule has 2 fully saturated rings. The zero-order chi connectivity index (χ0) is 16.8. The molecule has 3 atom stereocenters. The number of aryl methyl sites for hydroxylation is 1. The molecule has 2 aliphatic heterocycles. The van der Waals surface area contributed by atoms with Crippen LogP contribution in [0.1, 0.15) is 39.7 Å². The van der Waals surface area contributed by atoms with Crippen LogP contribution in [0.3, 0.4) is 0 Å². The van der Waals surface area contributed by atoms with Crippen molar-refractivity contribution < 1.29 is 9.90 Å². The molecule has 0 radical (unpaired) electrons. The molecule has 5 heteroatoms. The Kier molecular flexibility index (Phi) is 3.98. The van der Waals surface area contributed by atoms with Gasteiger partial charge in [0.15, 0.2) is 0 Å². The molecular weight excluding hydrogens is 290 g/mol. The van der Waals surface area contributed by atoms with Crippen molar-refractivity contribution in [2.24, 2.45) is 11.3 Å². The maximum atomic E-state index is 11.8. The SMILES string of the molecule is CCc1cncc(N2C[C@H]3CC(C(C)(C)C)N(C(=O)O)[C@H]3C2)c1. The predicted molar refractivity (Wildman–Crippen MR) is 90.8 cm³/mol. The van der Waals surface area contributed by atoms with Crippen LogP contribution >= 0.6 is 0 Å². The molecule has 1 unspecified atom stereocenters. The van der Waals surface area contributed by atoms with Crippen LogP contribution < -0.4 is 4.90 Å². The van der Waals surface area contributed by atoms with E-state index < -0.39 is 6.09 Å². The van der Waals surface area contributed by atoms with E-state index in [9.17, 15) is 9.90 Å². The summed E-state index contributed by atoms with van der Waals surface area (Å²) in [5, 5.41) is 9.73. The van der Waals surface area contributed by atoms with Crippen LogP contribution in [-0.2, 0) is 6.42 Å². The summed E-state index contributed by atoms with van der Waals surface area (Å²) >= 11 is 0. The first kappa shape index (κ1) is 16.1. The van der Waals surface area contributed by atoms with Gasteiger partial charge < -0.3 is 10.0 Å². The van der Waals surface area contributed by atoms with Crippen molar-refractivity contribution in [2.45, 2.75) is 52.6 Å². The molecule has 2 aliphatic rings. The van der Waals surface area contributed by atoms with Gasteiger partial charge >= 0.3 is 6.09 Å². The highest BCUT2D eigenvalue weighted by Crippen LogP contribution is 2.43. The minimum absolute atomic E-state index is 0.0166. The molecular formula is C18H27N3O2. The molecule has 5 nitrogen and oxygen atoms in total. The fourth-order valence-electron chi connectivity index (χ4n) is 4.13. The van der Waals surface area contributed by atoms with E-state index in [1.807, 2.05) is 12.4 Å². The zero-order valence-corrected chi connectivity index (χ0v) is 14.5. The van der Waals surface area contributed by atoms with Crippen LogP contribution in [-0.4, -0.2) is 46.3 Å². The van der Waals surface area contributed by atoms with Gasteiger partial charge in [0.1, 0.15) is 0 Å². The van der Waals surface area contributed by atoms with Crippen molar-refractivity contribution in [2.75, 3.05) is 18.0 Å². The first-order valence-electron chi connectivity index (χ1n) is 8.51. The summed E-state index contributed by atoms with van der Waals surface area (Å²) in [6.07, 6.45) is 4.94. The minimum atomic E-state index is -0.778. The van der Waals surface area contributed by atoms with Gasteiger partial charge in [-0.25, -0.2) is 4.79 Å². The standard InChI is InChI=1S/C18H27N3O2/c1-5-12-6-14(9-19-8-12)20-10-13-7-16(18(2,3)4)21(17(22)23)15(13)11-20/h6,8-9,13,15-16H,5,7,10-11H2,1-4H3,(H,22,23)/t13-,15+,16?/m1/s1. The monoisotopic (exact) mass is 317 g/mol. The van der Waals surface area contributed by atoms with Crippen LogP contribution in [0, 0.1) is 11.3 Å². The molecule has 126 valence electrons. The van der Waals surface area contributed by atoms with Gasteiger partial charge in [0.25, 0.3) is 0 Å². The summed E-state index contributed by atoms with van der Waals surface area (Å²) in [4.78, 5) is 20.2. The molecule has 0 spiro atoms. The molecule has 2 saturated heterocycles. The van der Waals surface area contributed by atoms with E-state index in [1.54, 1.807) is 4.90 Å². The number of hydrogen-bond acceptors (Lipinski definition) is 3. The highest BCUT2D eigenvalue weighted by Gasteiger charge is 2.51. The van der Waals surface area contributed by atoms with Crippen LogP contribution in [0.15, 0.2) is 18.5 Å². The largest absolute Gasteiger partial charge is 0.465 e. The van der Waals surface area contributed by atoms with Crippen molar-refractivity contribution in [1.82, 2.24) is 9.88 Å². The Labute approximate surface area is 138 Å². The first-order chi connectivity index (χ1) is 10.8. The highest BCUT2D eigenvalue weighted by molar-refractivity contribution is 5.67. The lowest BCUT2D eigenvalue weighted by molar-refractivity contribution is 0.0889. The van der Waals surface area contributed by atoms with Gasteiger partial charge in [-0.2, -0.15) is 0 Å². The second-order valence-electron chi connectivity index (χ2n) is 7.94. The number of aromatic nitrogens is 1. The van der Waals surface area contributed by atoms with Gasteiger partial charge in [-0.15, -0.1) is 0 Å². The number of fused-ring (bicyclic) bond motifs is 1. The third-order valence-corrected chi connectivity index (χ3v) is 5.40. The lowest BCUT2D eigenvalue weighted by Gasteiger charge is -2.36. The smallest absolute Gasteiger partial charge is 0.407 e. The van der Waals surface area contributed by atoms with Crippen LogP contribution in [0.2, 0.25) is 0 Å². The number of pyridine rings is 1. The average molecular weight is 317 g/mol. The lowest BCUT2D eigenvalue weighted by atomic mass is 9.84. The normalized spacial score (nSPS) is 27.4.